The minimum atomic E-state index is -4.63. The lowest BCUT2D eigenvalue weighted by molar-refractivity contribution is -0.137. The molecule has 2 aliphatic heterocycles. The maximum absolute atomic E-state index is 14.0. The fourth-order valence-corrected chi connectivity index (χ4v) is 5.16. The van der Waals surface area contributed by atoms with Crippen molar-refractivity contribution in [2.45, 2.75) is 19.5 Å². The number of amides is 1. The van der Waals surface area contributed by atoms with E-state index in [1.54, 1.807) is 37.1 Å². The summed E-state index contributed by atoms with van der Waals surface area (Å²) in [5.41, 5.74) is -0.575. The number of ether oxygens (including phenoxy) is 1. The number of halogens is 4. The second-order valence-electron chi connectivity index (χ2n) is 9.18. The van der Waals surface area contributed by atoms with Crippen molar-refractivity contribution in [3.8, 4) is 6.07 Å². The first-order chi connectivity index (χ1) is 16.1. The molecule has 0 spiro atoms. The molecule has 5 nitrogen and oxygen atoms in total. The van der Waals surface area contributed by atoms with Gasteiger partial charge in [0.2, 0.25) is 0 Å². The lowest BCUT2D eigenvalue weighted by Gasteiger charge is -2.43. The SMILES string of the molecule is COC[C@@]12CCN(C(=O)c3ccc(C)c(F)c3)C[C@@H]1CN(c1ccc(C#N)c(C(F)(F)F)c1)C2. The number of piperidine rings is 1. The fraction of sp³-hybridized carbons (Fsp3) is 0.440. The summed E-state index contributed by atoms with van der Waals surface area (Å²) in [6.07, 6.45) is -4.02. The zero-order chi connectivity index (χ0) is 24.7. The molecule has 0 unspecified atom stereocenters. The first kappa shape index (κ1) is 24.0. The monoisotopic (exact) mass is 475 g/mol. The van der Waals surface area contributed by atoms with Gasteiger partial charge in [-0.2, -0.15) is 18.4 Å². The van der Waals surface area contributed by atoms with Crippen molar-refractivity contribution in [3.05, 3.63) is 64.5 Å². The number of fused-ring (bicyclic) bond motifs is 1. The number of carbonyl (C=O) groups is 1. The number of hydrogen-bond donors (Lipinski definition) is 0. The summed E-state index contributed by atoms with van der Waals surface area (Å²) in [6, 6.07) is 9.78. The summed E-state index contributed by atoms with van der Waals surface area (Å²) < 4.78 is 60.0. The van der Waals surface area contributed by atoms with Gasteiger partial charge in [0.15, 0.2) is 0 Å². The summed E-state index contributed by atoms with van der Waals surface area (Å²) in [7, 11) is 1.59. The van der Waals surface area contributed by atoms with Crippen molar-refractivity contribution in [2.75, 3.05) is 44.8 Å². The second-order valence-corrected chi connectivity index (χ2v) is 9.18. The Hall–Kier alpha value is -3.12. The van der Waals surface area contributed by atoms with Crippen LogP contribution >= 0.6 is 0 Å². The van der Waals surface area contributed by atoms with Crippen LogP contribution in [0.2, 0.25) is 0 Å². The van der Waals surface area contributed by atoms with E-state index in [2.05, 4.69) is 0 Å². The minimum Gasteiger partial charge on any atom is -0.384 e. The highest BCUT2D eigenvalue weighted by atomic mass is 19.4. The number of alkyl halides is 3. The summed E-state index contributed by atoms with van der Waals surface area (Å²) in [5.74, 6) is -0.739. The molecule has 2 heterocycles. The number of rotatable bonds is 4. The molecule has 2 aliphatic rings. The zero-order valence-corrected chi connectivity index (χ0v) is 19.0. The molecule has 0 N–H and O–H groups in total. The van der Waals surface area contributed by atoms with Crippen LogP contribution in [0.15, 0.2) is 36.4 Å². The summed E-state index contributed by atoms with van der Waals surface area (Å²) in [5, 5.41) is 9.08. The highest BCUT2D eigenvalue weighted by molar-refractivity contribution is 5.94. The van der Waals surface area contributed by atoms with Gasteiger partial charge in [-0.3, -0.25) is 4.79 Å². The molecule has 1 amide bonds. The van der Waals surface area contributed by atoms with Gasteiger partial charge in [0.1, 0.15) is 5.82 Å². The van der Waals surface area contributed by atoms with Gasteiger partial charge >= 0.3 is 6.18 Å². The lowest BCUT2D eigenvalue weighted by Crippen LogP contribution is -2.50. The third-order valence-electron chi connectivity index (χ3n) is 7.06. The Labute approximate surface area is 195 Å². The molecule has 180 valence electrons. The molecular formula is C25H25F4N3O2. The third-order valence-corrected chi connectivity index (χ3v) is 7.06. The van der Waals surface area contributed by atoms with Crippen molar-refractivity contribution in [1.82, 2.24) is 4.90 Å². The maximum Gasteiger partial charge on any atom is 0.417 e. The molecule has 2 aromatic rings. The van der Waals surface area contributed by atoms with Crippen LogP contribution in [-0.4, -0.2) is 50.7 Å². The van der Waals surface area contributed by atoms with Crippen LogP contribution in [-0.2, 0) is 10.9 Å². The van der Waals surface area contributed by atoms with Crippen LogP contribution in [0.1, 0.15) is 33.5 Å². The van der Waals surface area contributed by atoms with E-state index in [0.29, 0.717) is 50.5 Å². The Morgan fingerprint density at radius 1 is 1.24 bits per heavy atom. The molecule has 0 aliphatic carbocycles. The van der Waals surface area contributed by atoms with Gasteiger partial charge in [-0.15, -0.1) is 0 Å². The van der Waals surface area contributed by atoms with Crippen molar-refractivity contribution < 1.29 is 27.1 Å². The number of nitriles is 1. The molecule has 0 saturated carbocycles. The first-order valence-corrected chi connectivity index (χ1v) is 11.0. The van der Waals surface area contributed by atoms with E-state index in [9.17, 15) is 22.4 Å². The molecule has 2 atom stereocenters. The van der Waals surface area contributed by atoms with Crippen molar-refractivity contribution in [2.24, 2.45) is 11.3 Å². The number of aryl methyl sites for hydroxylation is 1. The zero-order valence-electron chi connectivity index (χ0n) is 19.0. The maximum atomic E-state index is 14.0. The normalized spacial score (nSPS) is 22.4. The molecule has 2 fully saturated rings. The average Bonchev–Trinajstić information content (AvgIpc) is 3.18. The van der Waals surface area contributed by atoms with Crippen molar-refractivity contribution in [3.63, 3.8) is 0 Å². The highest BCUT2D eigenvalue weighted by Gasteiger charge is 2.50. The standard InChI is InChI=1S/C25H25F4N3O2/c1-16-3-4-17(9-22(16)26)23(33)31-8-7-24(15-34-2)14-32(13-19(24)12-31)20-6-5-18(11-30)21(10-20)25(27,28)29/h3-6,9-10,19H,7-8,12-15H2,1-2H3/t19-,24+/m1/s1. The van der Waals surface area contributed by atoms with E-state index in [1.165, 1.54) is 18.2 Å². The molecule has 2 aromatic carbocycles. The first-order valence-electron chi connectivity index (χ1n) is 11.0. The van der Waals surface area contributed by atoms with Crippen LogP contribution in [0.3, 0.4) is 0 Å². The molecule has 34 heavy (non-hydrogen) atoms. The average molecular weight is 475 g/mol. The number of carbonyl (C=O) groups excluding carboxylic acids is 1. The Kier molecular flexibility index (Phi) is 6.30. The van der Waals surface area contributed by atoms with Gasteiger partial charge in [-0.25, -0.2) is 4.39 Å². The van der Waals surface area contributed by atoms with Crippen molar-refractivity contribution >= 4 is 11.6 Å². The van der Waals surface area contributed by atoms with Gasteiger partial charge in [0.05, 0.1) is 23.8 Å². The van der Waals surface area contributed by atoms with Crippen LogP contribution in [0, 0.1) is 35.4 Å². The number of methoxy groups -OCH3 is 1. The van der Waals surface area contributed by atoms with Gasteiger partial charge in [0, 0.05) is 55.9 Å². The number of likely N-dealkylation sites (tertiary alicyclic amines) is 1. The van der Waals surface area contributed by atoms with Crippen LogP contribution in [0.25, 0.3) is 0 Å². The van der Waals surface area contributed by atoms with Crippen LogP contribution in [0.5, 0.6) is 0 Å². The summed E-state index contributed by atoms with van der Waals surface area (Å²) >= 11 is 0. The molecule has 0 aromatic heterocycles. The Bertz CT molecular complexity index is 1140. The Morgan fingerprint density at radius 2 is 2.00 bits per heavy atom. The number of hydrogen-bond acceptors (Lipinski definition) is 4. The third kappa shape index (κ3) is 4.34. The number of nitrogens with zero attached hydrogens (tertiary/aromatic N) is 3. The molecule has 4 rings (SSSR count). The van der Waals surface area contributed by atoms with E-state index in [-0.39, 0.29) is 22.8 Å². The van der Waals surface area contributed by atoms with E-state index in [4.69, 9.17) is 10.00 Å². The highest BCUT2D eigenvalue weighted by Crippen LogP contribution is 2.45. The van der Waals surface area contributed by atoms with Gasteiger partial charge in [-0.1, -0.05) is 6.07 Å². The molecule has 2 saturated heterocycles. The van der Waals surface area contributed by atoms with Crippen molar-refractivity contribution in [1.29, 1.82) is 5.26 Å². The van der Waals surface area contributed by atoms with Gasteiger partial charge in [0.25, 0.3) is 5.91 Å². The molecule has 0 radical (unpaired) electrons. The quantitative estimate of drug-likeness (QED) is 0.605. The van der Waals surface area contributed by atoms with Gasteiger partial charge < -0.3 is 14.5 Å². The molecule has 0 bridgehead atoms. The minimum absolute atomic E-state index is 0.0366. The predicted molar refractivity (Wildman–Crippen MR) is 118 cm³/mol. The van der Waals surface area contributed by atoms with E-state index >= 15 is 0 Å². The Morgan fingerprint density at radius 3 is 2.65 bits per heavy atom. The summed E-state index contributed by atoms with van der Waals surface area (Å²) in [6.45, 7) is 3.82. The van der Waals surface area contributed by atoms with Crippen LogP contribution in [0.4, 0.5) is 23.2 Å². The van der Waals surface area contributed by atoms with E-state index < -0.39 is 23.1 Å². The van der Waals surface area contributed by atoms with E-state index in [0.717, 1.165) is 6.07 Å². The van der Waals surface area contributed by atoms with Crippen LogP contribution < -0.4 is 4.90 Å². The number of anilines is 1. The number of benzene rings is 2. The Balaban J connectivity index is 1.59. The fourth-order valence-electron chi connectivity index (χ4n) is 5.16. The molecular weight excluding hydrogens is 450 g/mol. The predicted octanol–water partition coefficient (Wildman–Crippen LogP) is 4.64. The molecule has 9 heteroatoms. The summed E-state index contributed by atoms with van der Waals surface area (Å²) in [4.78, 5) is 16.6. The lowest BCUT2D eigenvalue weighted by atomic mass is 9.73. The smallest absolute Gasteiger partial charge is 0.384 e. The van der Waals surface area contributed by atoms with Gasteiger partial charge in [-0.05, 0) is 49.2 Å². The van der Waals surface area contributed by atoms with E-state index in [1.807, 2.05) is 4.90 Å². The largest absolute Gasteiger partial charge is 0.417 e. The second kappa shape index (κ2) is 8.91. The topological polar surface area (TPSA) is 56.6 Å².